The van der Waals surface area contributed by atoms with Crippen LogP contribution < -0.4 is 0 Å². The second-order valence-electron chi connectivity index (χ2n) is 5.22. The van der Waals surface area contributed by atoms with Gasteiger partial charge < -0.3 is 4.90 Å². The predicted octanol–water partition coefficient (Wildman–Crippen LogP) is 1.63. The number of nitrogens with zero attached hydrogens (tertiary/aromatic N) is 1. The lowest BCUT2D eigenvalue weighted by molar-refractivity contribution is -0.129. The Balaban J connectivity index is 1.60. The summed E-state index contributed by atoms with van der Waals surface area (Å²) in [6.45, 7) is 1.59. The van der Waals surface area contributed by atoms with E-state index in [0.717, 1.165) is 24.9 Å². The molecule has 0 bridgehead atoms. The Kier molecular flexibility index (Phi) is 3.06. The van der Waals surface area contributed by atoms with Crippen LogP contribution in [0.2, 0.25) is 0 Å². The number of carbonyl (C=O) groups is 1. The first kappa shape index (κ1) is 12.9. The average Bonchev–Trinajstić information content (AvgIpc) is 3.06. The van der Waals surface area contributed by atoms with Crippen LogP contribution in [0.1, 0.15) is 12.0 Å². The highest BCUT2D eigenvalue weighted by Gasteiger charge is 2.51. The molecule has 0 aromatic heterocycles. The van der Waals surface area contributed by atoms with Gasteiger partial charge in [-0.25, -0.2) is 8.42 Å². The number of halogens is 1. The van der Waals surface area contributed by atoms with Crippen molar-refractivity contribution in [2.45, 2.75) is 17.7 Å². The van der Waals surface area contributed by atoms with Crippen molar-refractivity contribution >= 4 is 25.6 Å². The molecule has 4 nitrogen and oxygen atoms in total. The van der Waals surface area contributed by atoms with Crippen LogP contribution in [-0.2, 0) is 20.3 Å². The minimum Gasteiger partial charge on any atom is -0.342 e. The van der Waals surface area contributed by atoms with Crippen molar-refractivity contribution in [3.63, 3.8) is 0 Å². The summed E-state index contributed by atoms with van der Waals surface area (Å²) in [4.78, 5) is 13.8. The number of amides is 1. The van der Waals surface area contributed by atoms with Gasteiger partial charge in [0.05, 0.1) is 4.90 Å². The summed E-state index contributed by atoms with van der Waals surface area (Å²) in [6.07, 6.45) is 1.81. The van der Waals surface area contributed by atoms with Gasteiger partial charge >= 0.3 is 0 Å². The minimum absolute atomic E-state index is 0.108. The smallest absolute Gasteiger partial charge is 0.261 e. The minimum atomic E-state index is -3.65. The van der Waals surface area contributed by atoms with E-state index in [0.29, 0.717) is 18.4 Å². The molecule has 1 aromatic rings. The first-order chi connectivity index (χ1) is 8.95. The molecule has 1 aliphatic heterocycles. The second kappa shape index (κ2) is 4.49. The highest BCUT2D eigenvalue weighted by Crippen LogP contribution is 2.45. The molecule has 0 N–H and O–H groups in total. The largest absolute Gasteiger partial charge is 0.342 e. The first-order valence-electron chi connectivity index (χ1n) is 6.27. The molecule has 19 heavy (non-hydrogen) atoms. The number of rotatable bonds is 4. The van der Waals surface area contributed by atoms with Gasteiger partial charge in [0, 0.05) is 29.7 Å². The van der Waals surface area contributed by atoms with Crippen LogP contribution in [0.3, 0.4) is 0 Å². The van der Waals surface area contributed by atoms with Gasteiger partial charge in [0.1, 0.15) is 0 Å². The van der Waals surface area contributed by atoms with E-state index in [2.05, 4.69) is 0 Å². The molecule has 102 valence electrons. The maximum atomic E-state index is 11.8. The third-order valence-electron chi connectivity index (χ3n) is 3.88. The van der Waals surface area contributed by atoms with Crippen LogP contribution in [0.4, 0.5) is 0 Å². The Morgan fingerprint density at radius 2 is 1.95 bits per heavy atom. The maximum absolute atomic E-state index is 11.8. The van der Waals surface area contributed by atoms with Gasteiger partial charge in [-0.15, -0.1) is 0 Å². The van der Waals surface area contributed by atoms with Crippen LogP contribution in [0, 0.1) is 11.8 Å². The second-order valence-corrected chi connectivity index (χ2v) is 7.78. The lowest BCUT2D eigenvalue weighted by Gasteiger charge is -2.17. The molecule has 2 unspecified atom stereocenters. The third kappa shape index (κ3) is 2.62. The highest BCUT2D eigenvalue weighted by molar-refractivity contribution is 8.13. The molecule has 2 fully saturated rings. The molecular weight excluding hydrogens is 286 g/mol. The molecule has 1 saturated heterocycles. The highest BCUT2D eigenvalue weighted by atomic mass is 35.7. The summed E-state index contributed by atoms with van der Waals surface area (Å²) in [7, 11) is 1.60. The fourth-order valence-electron chi connectivity index (χ4n) is 2.64. The number of hydrogen-bond donors (Lipinski definition) is 0. The van der Waals surface area contributed by atoms with Crippen molar-refractivity contribution in [1.29, 1.82) is 0 Å². The SMILES string of the molecule is O=C1C2CC2CN1CCc1ccc(S(=O)(=O)Cl)cc1. The quantitative estimate of drug-likeness (QED) is 0.794. The van der Waals surface area contributed by atoms with Crippen LogP contribution in [-0.4, -0.2) is 32.3 Å². The molecule has 1 aromatic carbocycles. The van der Waals surface area contributed by atoms with Crippen molar-refractivity contribution in [3.05, 3.63) is 29.8 Å². The van der Waals surface area contributed by atoms with E-state index in [1.165, 1.54) is 12.1 Å². The van der Waals surface area contributed by atoms with Gasteiger partial charge in [0.25, 0.3) is 9.05 Å². The van der Waals surface area contributed by atoms with Crippen molar-refractivity contribution in [3.8, 4) is 0 Å². The molecule has 0 spiro atoms. The van der Waals surface area contributed by atoms with Crippen molar-refractivity contribution in [1.82, 2.24) is 4.90 Å². The monoisotopic (exact) mass is 299 g/mol. The number of hydrogen-bond acceptors (Lipinski definition) is 3. The average molecular weight is 300 g/mol. The fourth-order valence-corrected chi connectivity index (χ4v) is 3.41. The Bertz CT molecular complexity index is 611. The van der Waals surface area contributed by atoms with E-state index in [9.17, 15) is 13.2 Å². The number of fused-ring (bicyclic) bond motifs is 1. The third-order valence-corrected chi connectivity index (χ3v) is 5.25. The van der Waals surface area contributed by atoms with E-state index in [4.69, 9.17) is 10.7 Å². The fraction of sp³-hybridized carbons (Fsp3) is 0.462. The molecule has 3 rings (SSSR count). The molecule has 2 aliphatic rings. The molecule has 1 aliphatic carbocycles. The summed E-state index contributed by atoms with van der Waals surface area (Å²) in [5.41, 5.74) is 1.01. The molecule has 1 heterocycles. The molecular formula is C13H14ClNO3S. The summed E-state index contributed by atoms with van der Waals surface area (Å²) >= 11 is 0. The Morgan fingerprint density at radius 3 is 2.47 bits per heavy atom. The Morgan fingerprint density at radius 1 is 1.26 bits per heavy atom. The number of benzene rings is 1. The summed E-state index contributed by atoms with van der Waals surface area (Å²) in [5.74, 6) is 1.17. The Labute approximate surface area is 116 Å². The van der Waals surface area contributed by atoms with Crippen molar-refractivity contribution in [2.24, 2.45) is 11.8 Å². The van der Waals surface area contributed by atoms with Crippen LogP contribution in [0.25, 0.3) is 0 Å². The number of piperidine rings is 1. The molecule has 0 radical (unpaired) electrons. The van der Waals surface area contributed by atoms with E-state index >= 15 is 0 Å². The summed E-state index contributed by atoms with van der Waals surface area (Å²) in [6, 6.07) is 6.50. The summed E-state index contributed by atoms with van der Waals surface area (Å²) < 4.78 is 22.2. The molecule has 1 amide bonds. The van der Waals surface area contributed by atoms with Crippen LogP contribution in [0.5, 0.6) is 0 Å². The van der Waals surface area contributed by atoms with E-state index < -0.39 is 9.05 Å². The topological polar surface area (TPSA) is 54.5 Å². The van der Waals surface area contributed by atoms with Gasteiger partial charge in [0.15, 0.2) is 0 Å². The first-order valence-corrected chi connectivity index (χ1v) is 8.58. The molecule has 1 saturated carbocycles. The zero-order valence-corrected chi connectivity index (χ0v) is 11.8. The van der Waals surface area contributed by atoms with Crippen LogP contribution >= 0.6 is 10.7 Å². The van der Waals surface area contributed by atoms with Gasteiger partial charge in [-0.2, -0.15) is 0 Å². The standard InChI is InChI=1S/C13H14ClNO3S/c14-19(17,18)11-3-1-9(2-4-11)5-6-15-8-10-7-12(10)13(15)16/h1-4,10,12H,5-8H2. The zero-order valence-electron chi connectivity index (χ0n) is 10.3. The Hall–Kier alpha value is -1.07. The number of carbonyl (C=O) groups excluding carboxylic acids is 1. The van der Waals surface area contributed by atoms with Crippen molar-refractivity contribution in [2.75, 3.05) is 13.1 Å². The zero-order chi connectivity index (χ0) is 13.6. The number of likely N-dealkylation sites (tertiary alicyclic amines) is 1. The van der Waals surface area contributed by atoms with E-state index in [1.54, 1.807) is 12.1 Å². The van der Waals surface area contributed by atoms with E-state index in [1.807, 2.05) is 4.90 Å². The van der Waals surface area contributed by atoms with E-state index in [-0.39, 0.29) is 10.8 Å². The van der Waals surface area contributed by atoms with Gasteiger partial charge in [-0.1, -0.05) is 12.1 Å². The van der Waals surface area contributed by atoms with Gasteiger partial charge in [0.2, 0.25) is 5.91 Å². The van der Waals surface area contributed by atoms with Crippen molar-refractivity contribution < 1.29 is 13.2 Å². The lowest BCUT2D eigenvalue weighted by atomic mass is 10.1. The van der Waals surface area contributed by atoms with Crippen LogP contribution in [0.15, 0.2) is 29.2 Å². The normalized spacial score (nSPS) is 25.5. The van der Waals surface area contributed by atoms with Gasteiger partial charge in [-0.05, 0) is 36.5 Å². The maximum Gasteiger partial charge on any atom is 0.261 e. The lowest BCUT2D eigenvalue weighted by Crippen LogP contribution is -2.30. The predicted molar refractivity (Wildman–Crippen MR) is 71.4 cm³/mol. The molecule has 6 heteroatoms. The van der Waals surface area contributed by atoms with Gasteiger partial charge in [-0.3, -0.25) is 4.79 Å². The summed E-state index contributed by atoms with van der Waals surface area (Å²) in [5, 5.41) is 0. The molecule has 2 atom stereocenters.